The van der Waals surface area contributed by atoms with E-state index in [1.807, 2.05) is 11.8 Å². The average Bonchev–Trinajstić information content (AvgIpc) is 3.10. The zero-order valence-corrected chi connectivity index (χ0v) is 15.9. The van der Waals surface area contributed by atoms with Gasteiger partial charge in [0.1, 0.15) is 4.21 Å². The fourth-order valence-corrected chi connectivity index (χ4v) is 5.59. The molecule has 0 radical (unpaired) electrons. The number of thioether (sulfide) groups is 1. The van der Waals surface area contributed by atoms with Crippen molar-refractivity contribution in [3.8, 4) is 0 Å². The third-order valence-electron chi connectivity index (χ3n) is 3.57. The lowest BCUT2D eigenvalue weighted by atomic mass is 10.3. The predicted molar refractivity (Wildman–Crippen MR) is 99.0 cm³/mol. The lowest BCUT2D eigenvalue weighted by Crippen LogP contribution is -2.49. The highest BCUT2D eigenvalue weighted by atomic mass is 32.2. The minimum atomic E-state index is -3.39. The molecule has 23 heavy (non-hydrogen) atoms. The van der Waals surface area contributed by atoms with E-state index < -0.39 is 10.0 Å². The first-order chi connectivity index (χ1) is 11.1. The first kappa shape index (κ1) is 18.6. The first-order valence-corrected chi connectivity index (χ1v) is 11.1. The zero-order chi connectivity index (χ0) is 16.7. The molecule has 1 aromatic rings. The van der Waals surface area contributed by atoms with Crippen LogP contribution in [0.5, 0.6) is 0 Å². The molecule has 0 aromatic carbocycles. The van der Waals surface area contributed by atoms with Gasteiger partial charge in [-0.15, -0.1) is 11.3 Å². The maximum atomic E-state index is 12.0. The second-order valence-corrected chi connectivity index (χ2v) is 9.50. The Hall–Kier alpha value is -0.770. The molecule has 9 heteroatoms. The van der Waals surface area contributed by atoms with Crippen LogP contribution in [0.4, 0.5) is 0 Å². The highest BCUT2D eigenvalue weighted by Gasteiger charge is 2.21. The molecule has 0 bridgehead atoms. The second kappa shape index (κ2) is 8.91. The van der Waals surface area contributed by atoms with Crippen LogP contribution in [0.25, 0.3) is 0 Å². The number of rotatable bonds is 6. The number of thiophene rings is 1. The van der Waals surface area contributed by atoms with Crippen LogP contribution >= 0.6 is 23.1 Å². The highest BCUT2D eigenvalue weighted by Crippen LogP contribution is 2.21. The predicted octanol–water partition coefficient (Wildman–Crippen LogP) is 1.43. The number of guanidine groups is 1. The maximum absolute atomic E-state index is 12.0. The summed E-state index contributed by atoms with van der Waals surface area (Å²) < 4.78 is 27.0. The molecule has 1 atom stereocenters. The molecule has 0 amide bonds. The van der Waals surface area contributed by atoms with Crippen LogP contribution in [-0.2, 0) is 10.0 Å². The maximum Gasteiger partial charge on any atom is 0.250 e. The molecule has 1 aliphatic rings. The second-order valence-electron chi connectivity index (χ2n) is 5.15. The molecule has 6 nitrogen and oxygen atoms in total. The fourth-order valence-electron chi connectivity index (χ4n) is 2.34. The van der Waals surface area contributed by atoms with Crippen molar-refractivity contribution >= 4 is 39.1 Å². The summed E-state index contributed by atoms with van der Waals surface area (Å²) in [6.07, 6.45) is 1.15. The van der Waals surface area contributed by atoms with Gasteiger partial charge >= 0.3 is 0 Å². The highest BCUT2D eigenvalue weighted by molar-refractivity contribution is 8.00. The van der Waals surface area contributed by atoms with Gasteiger partial charge in [-0.25, -0.2) is 13.1 Å². The Labute approximate surface area is 146 Å². The number of aliphatic imine (C=N–C) groups is 1. The summed E-state index contributed by atoms with van der Waals surface area (Å²) in [4.78, 5) is 6.56. The average molecular weight is 377 g/mol. The van der Waals surface area contributed by atoms with Crippen LogP contribution in [0.1, 0.15) is 13.3 Å². The molecule has 1 aromatic heterocycles. The molecule has 0 spiro atoms. The van der Waals surface area contributed by atoms with E-state index in [0.717, 1.165) is 31.2 Å². The van der Waals surface area contributed by atoms with Gasteiger partial charge in [0.15, 0.2) is 5.96 Å². The Kier molecular flexibility index (Phi) is 7.19. The van der Waals surface area contributed by atoms with Crippen molar-refractivity contribution in [1.82, 2.24) is 14.9 Å². The van der Waals surface area contributed by atoms with Crippen molar-refractivity contribution in [3.63, 3.8) is 0 Å². The minimum Gasteiger partial charge on any atom is -0.355 e. The molecule has 0 saturated carbocycles. The van der Waals surface area contributed by atoms with Gasteiger partial charge in [-0.2, -0.15) is 11.8 Å². The Morgan fingerprint density at radius 1 is 1.48 bits per heavy atom. The molecule has 2 heterocycles. The van der Waals surface area contributed by atoms with E-state index in [9.17, 15) is 8.42 Å². The summed E-state index contributed by atoms with van der Waals surface area (Å²) in [6.45, 7) is 5.01. The van der Waals surface area contributed by atoms with Crippen molar-refractivity contribution in [2.24, 2.45) is 4.99 Å². The Bertz CT molecular complexity index is 602. The molecule has 2 rings (SSSR count). The lowest BCUT2D eigenvalue weighted by molar-refractivity contribution is 0.408. The summed E-state index contributed by atoms with van der Waals surface area (Å²) in [5.74, 6) is 1.95. The molecule has 1 unspecified atom stereocenters. The number of hydrogen-bond acceptors (Lipinski definition) is 5. The van der Waals surface area contributed by atoms with Crippen LogP contribution in [0.3, 0.4) is 0 Å². The van der Waals surface area contributed by atoms with Gasteiger partial charge in [-0.05, 0) is 17.9 Å². The lowest BCUT2D eigenvalue weighted by Gasteiger charge is -2.34. The van der Waals surface area contributed by atoms with Gasteiger partial charge in [0, 0.05) is 44.2 Å². The molecule has 0 aliphatic carbocycles. The molecule has 1 saturated heterocycles. The van der Waals surface area contributed by atoms with Crippen LogP contribution in [-0.4, -0.2) is 63.5 Å². The molecule has 2 N–H and O–H groups in total. The van der Waals surface area contributed by atoms with Crippen LogP contribution in [0.2, 0.25) is 0 Å². The van der Waals surface area contributed by atoms with Crippen molar-refractivity contribution in [1.29, 1.82) is 0 Å². The summed E-state index contributed by atoms with van der Waals surface area (Å²) in [6, 6.07) is 3.34. The van der Waals surface area contributed by atoms with Crippen molar-refractivity contribution < 1.29 is 8.42 Å². The van der Waals surface area contributed by atoms with Crippen molar-refractivity contribution in [3.05, 3.63) is 17.5 Å². The molecule has 1 fully saturated rings. The zero-order valence-electron chi connectivity index (χ0n) is 13.5. The minimum absolute atomic E-state index is 0.332. The van der Waals surface area contributed by atoms with Gasteiger partial charge in [0.25, 0.3) is 0 Å². The largest absolute Gasteiger partial charge is 0.355 e. The van der Waals surface area contributed by atoms with Gasteiger partial charge < -0.3 is 10.2 Å². The third kappa shape index (κ3) is 5.37. The van der Waals surface area contributed by atoms with E-state index in [1.54, 1.807) is 24.6 Å². The van der Waals surface area contributed by atoms with E-state index in [1.165, 1.54) is 11.3 Å². The fraction of sp³-hybridized carbons (Fsp3) is 0.643. The molecular formula is C14H24N4O2S3. The normalized spacial score (nSPS) is 19.8. The number of nitrogens with one attached hydrogen (secondary N) is 2. The summed E-state index contributed by atoms with van der Waals surface area (Å²) in [7, 11) is -1.62. The monoisotopic (exact) mass is 376 g/mol. The van der Waals surface area contributed by atoms with Gasteiger partial charge in [-0.1, -0.05) is 13.0 Å². The summed E-state index contributed by atoms with van der Waals surface area (Å²) in [5.41, 5.74) is 0. The van der Waals surface area contributed by atoms with Crippen LogP contribution in [0, 0.1) is 0 Å². The number of sulfonamides is 1. The van der Waals surface area contributed by atoms with Crippen molar-refractivity contribution in [2.45, 2.75) is 22.8 Å². The van der Waals surface area contributed by atoms with Crippen LogP contribution in [0.15, 0.2) is 26.7 Å². The SMILES string of the molecule is CCC1CN(C(=NC)NCCNS(=O)(=O)c2cccs2)CCS1. The Morgan fingerprint density at radius 3 is 2.96 bits per heavy atom. The van der Waals surface area contributed by atoms with E-state index in [4.69, 9.17) is 0 Å². The molecule has 1 aliphatic heterocycles. The summed E-state index contributed by atoms with van der Waals surface area (Å²) >= 11 is 3.23. The Morgan fingerprint density at radius 2 is 2.30 bits per heavy atom. The van der Waals surface area contributed by atoms with E-state index in [2.05, 4.69) is 26.9 Å². The topological polar surface area (TPSA) is 73.8 Å². The number of nitrogens with zero attached hydrogens (tertiary/aromatic N) is 2. The molecular weight excluding hydrogens is 352 g/mol. The van der Waals surface area contributed by atoms with E-state index in [-0.39, 0.29) is 0 Å². The standard InChI is InChI=1S/C14H24N4O2S3/c1-3-12-11-18(8-10-21-12)14(15-2)16-6-7-17-23(19,20)13-5-4-9-22-13/h4-5,9,12,17H,3,6-8,10-11H2,1-2H3,(H,15,16). The number of hydrogen-bond donors (Lipinski definition) is 2. The van der Waals surface area contributed by atoms with Crippen LogP contribution < -0.4 is 10.0 Å². The quantitative estimate of drug-likeness (QED) is 0.446. The van der Waals surface area contributed by atoms with Gasteiger partial charge in [0.2, 0.25) is 10.0 Å². The van der Waals surface area contributed by atoms with E-state index in [0.29, 0.717) is 22.5 Å². The van der Waals surface area contributed by atoms with Gasteiger partial charge in [-0.3, -0.25) is 4.99 Å². The third-order valence-corrected chi connectivity index (χ3v) is 7.80. The Balaban J connectivity index is 1.78. The first-order valence-electron chi connectivity index (χ1n) is 7.67. The summed E-state index contributed by atoms with van der Waals surface area (Å²) in [5, 5.41) is 5.64. The van der Waals surface area contributed by atoms with Crippen molar-refractivity contribution in [2.75, 3.05) is 39.0 Å². The van der Waals surface area contributed by atoms with Gasteiger partial charge in [0.05, 0.1) is 0 Å². The van der Waals surface area contributed by atoms with E-state index >= 15 is 0 Å². The molecule has 130 valence electrons. The smallest absolute Gasteiger partial charge is 0.250 e.